The quantitative estimate of drug-likeness (QED) is 0.737. The molecule has 0 radical (unpaired) electrons. The van der Waals surface area contributed by atoms with Gasteiger partial charge in [0, 0.05) is 20.3 Å². The standard InChI is InChI=1S/C15H15N3O2S2/c1-17-11-14(15(16-17)13-9-6-10-21-13)22(19,20)18(2)12-7-4-3-5-8-12/h3-11H,1-2H3. The van der Waals surface area contributed by atoms with Crippen molar-refractivity contribution < 1.29 is 8.42 Å². The first-order valence-corrected chi connectivity index (χ1v) is 8.93. The summed E-state index contributed by atoms with van der Waals surface area (Å²) >= 11 is 1.47. The molecule has 0 bridgehead atoms. The molecule has 0 saturated heterocycles. The molecule has 0 atom stereocenters. The van der Waals surface area contributed by atoms with Crippen molar-refractivity contribution in [1.29, 1.82) is 0 Å². The number of hydrogen-bond acceptors (Lipinski definition) is 4. The van der Waals surface area contributed by atoms with Gasteiger partial charge in [-0.2, -0.15) is 5.10 Å². The lowest BCUT2D eigenvalue weighted by atomic mass is 10.3. The molecule has 0 unspecified atom stereocenters. The van der Waals surface area contributed by atoms with Crippen molar-refractivity contribution in [2.24, 2.45) is 7.05 Å². The number of anilines is 1. The van der Waals surface area contributed by atoms with Crippen LogP contribution in [0.15, 0.2) is 58.9 Å². The molecule has 0 spiro atoms. The number of aryl methyl sites for hydroxylation is 1. The first-order chi connectivity index (χ1) is 10.5. The van der Waals surface area contributed by atoms with Gasteiger partial charge in [0.05, 0.1) is 10.6 Å². The fraction of sp³-hybridized carbons (Fsp3) is 0.133. The molecule has 0 saturated carbocycles. The van der Waals surface area contributed by atoms with E-state index in [1.165, 1.54) is 20.3 Å². The van der Waals surface area contributed by atoms with Gasteiger partial charge in [0.15, 0.2) is 0 Å². The minimum atomic E-state index is -3.67. The number of nitrogens with zero attached hydrogens (tertiary/aromatic N) is 3. The van der Waals surface area contributed by atoms with Crippen LogP contribution in [0.4, 0.5) is 5.69 Å². The van der Waals surface area contributed by atoms with Gasteiger partial charge in [0.1, 0.15) is 10.6 Å². The van der Waals surface area contributed by atoms with Crippen LogP contribution in [-0.2, 0) is 17.1 Å². The summed E-state index contributed by atoms with van der Waals surface area (Å²) in [5, 5.41) is 6.22. The third-order valence-corrected chi connectivity index (χ3v) is 5.97. The number of sulfonamides is 1. The monoisotopic (exact) mass is 333 g/mol. The van der Waals surface area contributed by atoms with Crippen LogP contribution in [0.5, 0.6) is 0 Å². The third kappa shape index (κ3) is 2.53. The molecular weight excluding hydrogens is 318 g/mol. The fourth-order valence-electron chi connectivity index (χ4n) is 2.16. The first kappa shape index (κ1) is 14.8. The normalized spacial score (nSPS) is 11.5. The zero-order valence-electron chi connectivity index (χ0n) is 12.2. The molecule has 0 N–H and O–H groups in total. The van der Waals surface area contributed by atoms with Gasteiger partial charge in [-0.3, -0.25) is 8.99 Å². The van der Waals surface area contributed by atoms with Crippen molar-refractivity contribution in [3.63, 3.8) is 0 Å². The van der Waals surface area contributed by atoms with Crippen molar-refractivity contribution in [2.75, 3.05) is 11.4 Å². The van der Waals surface area contributed by atoms with E-state index >= 15 is 0 Å². The Morgan fingerprint density at radius 1 is 1.14 bits per heavy atom. The van der Waals surface area contributed by atoms with E-state index in [-0.39, 0.29) is 4.90 Å². The molecule has 22 heavy (non-hydrogen) atoms. The van der Waals surface area contributed by atoms with Crippen molar-refractivity contribution in [1.82, 2.24) is 9.78 Å². The molecular formula is C15H15N3O2S2. The molecule has 0 fully saturated rings. The zero-order chi connectivity index (χ0) is 15.7. The van der Waals surface area contributed by atoms with Crippen LogP contribution >= 0.6 is 11.3 Å². The van der Waals surface area contributed by atoms with Crippen LogP contribution in [0.25, 0.3) is 10.6 Å². The zero-order valence-corrected chi connectivity index (χ0v) is 13.8. The van der Waals surface area contributed by atoms with E-state index in [4.69, 9.17) is 0 Å². The average molecular weight is 333 g/mol. The van der Waals surface area contributed by atoms with Crippen LogP contribution in [-0.4, -0.2) is 25.2 Å². The Bertz CT molecular complexity index is 869. The van der Waals surface area contributed by atoms with Crippen LogP contribution in [0.3, 0.4) is 0 Å². The minimum absolute atomic E-state index is 0.212. The van der Waals surface area contributed by atoms with Gasteiger partial charge in [0.25, 0.3) is 10.0 Å². The summed E-state index contributed by atoms with van der Waals surface area (Å²) in [7, 11) is -0.399. The Hall–Kier alpha value is -2.12. The molecule has 5 nitrogen and oxygen atoms in total. The summed E-state index contributed by atoms with van der Waals surface area (Å²) < 4.78 is 28.7. The van der Waals surface area contributed by atoms with Crippen molar-refractivity contribution in [3.8, 4) is 10.6 Å². The van der Waals surface area contributed by atoms with E-state index in [1.807, 2.05) is 35.7 Å². The van der Waals surface area contributed by atoms with Crippen LogP contribution in [0, 0.1) is 0 Å². The summed E-state index contributed by atoms with van der Waals surface area (Å²) in [6.07, 6.45) is 1.55. The van der Waals surface area contributed by atoms with Gasteiger partial charge in [0.2, 0.25) is 0 Å². The van der Waals surface area contributed by atoms with Crippen molar-refractivity contribution in [2.45, 2.75) is 4.90 Å². The Labute approximate surface area is 133 Å². The first-order valence-electron chi connectivity index (χ1n) is 6.61. The molecule has 3 aromatic rings. The van der Waals surface area contributed by atoms with E-state index in [0.717, 1.165) is 4.88 Å². The summed E-state index contributed by atoms with van der Waals surface area (Å²) in [4.78, 5) is 1.05. The van der Waals surface area contributed by atoms with Crippen LogP contribution < -0.4 is 4.31 Å². The topological polar surface area (TPSA) is 55.2 Å². The highest BCUT2D eigenvalue weighted by molar-refractivity contribution is 7.93. The Kier molecular flexibility index (Phi) is 3.76. The lowest BCUT2D eigenvalue weighted by molar-refractivity contribution is 0.594. The van der Waals surface area contributed by atoms with E-state index in [2.05, 4.69) is 5.10 Å². The number of rotatable bonds is 4. The summed E-state index contributed by atoms with van der Waals surface area (Å²) in [6, 6.07) is 12.7. The maximum Gasteiger partial charge on any atom is 0.267 e. The van der Waals surface area contributed by atoms with Gasteiger partial charge in [-0.25, -0.2) is 8.42 Å². The molecule has 2 heterocycles. The maximum atomic E-state index is 12.9. The predicted octanol–water partition coefficient (Wildman–Crippen LogP) is 2.97. The second-order valence-corrected chi connectivity index (χ2v) is 7.69. The number of aromatic nitrogens is 2. The van der Waals surface area contributed by atoms with E-state index in [1.54, 1.807) is 32.4 Å². The Morgan fingerprint density at radius 3 is 2.50 bits per heavy atom. The molecule has 0 aliphatic heterocycles. The van der Waals surface area contributed by atoms with Crippen LogP contribution in [0.1, 0.15) is 0 Å². The van der Waals surface area contributed by atoms with E-state index in [0.29, 0.717) is 11.4 Å². The number of benzene rings is 1. The summed E-state index contributed by atoms with van der Waals surface area (Å²) in [5.74, 6) is 0. The van der Waals surface area contributed by atoms with Gasteiger partial charge in [-0.05, 0) is 23.6 Å². The van der Waals surface area contributed by atoms with Gasteiger partial charge < -0.3 is 0 Å². The lowest BCUT2D eigenvalue weighted by Gasteiger charge is -2.19. The SMILES string of the molecule is CN(c1ccccc1)S(=O)(=O)c1cn(C)nc1-c1cccs1. The fourth-order valence-corrected chi connectivity index (χ4v) is 4.33. The number of para-hydroxylation sites is 1. The lowest BCUT2D eigenvalue weighted by Crippen LogP contribution is -2.26. The molecule has 7 heteroatoms. The Balaban J connectivity index is 2.11. The maximum absolute atomic E-state index is 12.9. The summed E-state index contributed by atoms with van der Waals surface area (Å²) in [6.45, 7) is 0. The van der Waals surface area contributed by atoms with E-state index < -0.39 is 10.0 Å². The molecule has 3 rings (SSSR count). The predicted molar refractivity (Wildman–Crippen MR) is 88.6 cm³/mol. The van der Waals surface area contributed by atoms with Crippen molar-refractivity contribution >= 4 is 27.0 Å². The largest absolute Gasteiger partial charge is 0.274 e. The molecule has 0 aliphatic rings. The van der Waals surface area contributed by atoms with Gasteiger partial charge in [-0.1, -0.05) is 24.3 Å². The molecule has 114 valence electrons. The highest BCUT2D eigenvalue weighted by Crippen LogP contribution is 2.32. The molecule has 2 aromatic heterocycles. The van der Waals surface area contributed by atoms with Crippen molar-refractivity contribution in [3.05, 3.63) is 54.0 Å². The average Bonchev–Trinajstić information content (AvgIpc) is 3.16. The van der Waals surface area contributed by atoms with Gasteiger partial charge >= 0.3 is 0 Å². The third-order valence-electron chi connectivity index (χ3n) is 3.31. The number of hydrogen-bond donors (Lipinski definition) is 0. The van der Waals surface area contributed by atoms with Gasteiger partial charge in [-0.15, -0.1) is 11.3 Å². The second-order valence-electron chi connectivity index (χ2n) is 4.80. The molecule has 1 aromatic carbocycles. The number of thiophene rings is 1. The summed E-state index contributed by atoms with van der Waals surface area (Å²) in [5.41, 5.74) is 1.10. The second kappa shape index (κ2) is 5.58. The molecule has 0 aliphatic carbocycles. The van der Waals surface area contributed by atoms with E-state index in [9.17, 15) is 8.42 Å². The Morgan fingerprint density at radius 2 is 1.86 bits per heavy atom. The highest BCUT2D eigenvalue weighted by atomic mass is 32.2. The minimum Gasteiger partial charge on any atom is -0.274 e. The molecule has 0 amide bonds. The highest BCUT2D eigenvalue weighted by Gasteiger charge is 2.28. The van der Waals surface area contributed by atoms with Crippen LogP contribution in [0.2, 0.25) is 0 Å². The smallest absolute Gasteiger partial charge is 0.267 e.